The van der Waals surface area contributed by atoms with E-state index in [1.165, 1.54) is 26.2 Å². The molecular weight excluding hydrogens is 387 g/mol. The summed E-state index contributed by atoms with van der Waals surface area (Å²) in [6, 6.07) is 6.41. The predicted octanol–water partition coefficient (Wildman–Crippen LogP) is 4.07. The van der Waals surface area contributed by atoms with Crippen molar-refractivity contribution in [1.29, 1.82) is 0 Å². The van der Waals surface area contributed by atoms with Gasteiger partial charge in [-0.15, -0.1) is 0 Å². The first-order chi connectivity index (χ1) is 14.5. The lowest BCUT2D eigenvalue weighted by Crippen LogP contribution is -2.19. The summed E-state index contributed by atoms with van der Waals surface area (Å²) in [7, 11) is 1.52. The first-order valence-electron chi connectivity index (χ1n) is 9.95. The maximum absolute atomic E-state index is 13.4. The van der Waals surface area contributed by atoms with Crippen molar-refractivity contribution in [2.45, 2.75) is 38.6 Å². The summed E-state index contributed by atoms with van der Waals surface area (Å²) >= 11 is 0. The van der Waals surface area contributed by atoms with Gasteiger partial charge >= 0.3 is 0 Å². The number of ether oxygens (including phenoxy) is 1. The molecule has 1 aliphatic carbocycles. The number of methoxy groups -OCH3 is 1. The SMILES string of the molecule is COc1cc2nn(C3CCC(C=O)CC3)cc2cc1NC(=O)c1ccc(F)c(C)n1. The molecular formula is C22H23FN4O3. The number of anilines is 1. The first kappa shape index (κ1) is 20.0. The van der Waals surface area contributed by atoms with E-state index in [9.17, 15) is 14.0 Å². The van der Waals surface area contributed by atoms with E-state index in [-0.39, 0.29) is 23.3 Å². The molecule has 0 atom stereocenters. The molecule has 1 fully saturated rings. The number of rotatable bonds is 5. The number of amides is 1. The van der Waals surface area contributed by atoms with Gasteiger partial charge in [0.15, 0.2) is 0 Å². The Labute approximate surface area is 173 Å². The highest BCUT2D eigenvalue weighted by atomic mass is 19.1. The van der Waals surface area contributed by atoms with Crippen molar-refractivity contribution < 1.29 is 18.7 Å². The van der Waals surface area contributed by atoms with Crippen LogP contribution in [0, 0.1) is 18.7 Å². The van der Waals surface area contributed by atoms with Gasteiger partial charge in [0.05, 0.1) is 30.0 Å². The number of hydrogen-bond donors (Lipinski definition) is 1. The van der Waals surface area contributed by atoms with Crippen LogP contribution in [0.5, 0.6) is 5.75 Å². The number of halogens is 1. The Morgan fingerprint density at radius 2 is 2.03 bits per heavy atom. The summed E-state index contributed by atoms with van der Waals surface area (Å²) < 4.78 is 20.8. The third-order valence-corrected chi connectivity index (χ3v) is 5.65. The number of nitrogens with one attached hydrogen (secondary N) is 1. The standard InChI is InChI=1S/C22H23FN4O3/c1-13-17(23)7-8-18(24-13)22(29)25-20-9-15-11-27(26-19(15)10-21(20)30-2)16-5-3-14(12-28)4-6-16/h7-12,14,16H,3-6H2,1-2H3,(H,25,29). The number of carbonyl (C=O) groups excluding carboxylic acids is 2. The minimum Gasteiger partial charge on any atom is -0.494 e. The van der Waals surface area contributed by atoms with E-state index in [0.717, 1.165) is 42.9 Å². The highest BCUT2D eigenvalue weighted by Crippen LogP contribution is 2.34. The summed E-state index contributed by atoms with van der Waals surface area (Å²) in [6.45, 7) is 1.51. The smallest absolute Gasteiger partial charge is 0.274 e. The predicted molar refractivity (Wildman–Crippen MR) is 110 cm³/mol. The molecule has 1 N–H and O–H groups in total. The molecule has 1 aromatic carbocycles. The van der Waals surface area contributed by atoms with Crippen LogP contribution in [0.15, 0.2) is 30.5 Å². The Morgan fingerprint density at radius 3 is 2.70 bits per heavy atom. The summed E-state index contributed by atoms with van der Waals surface area (Å²) in [5, 5.41) is 8.34. The van der Waals surface area contributed by atoms with Gasteiger partial charge in [-0.3, -0.25) is 9.48 Å². The number of aryl methyl sites for hydroxylation is 1. The second-order valence-corrected chi connectivity index (χ2v) is 7.64. The minimum atomic E-state index is -0.458. The maximum Gasteiger partial charge on any atom is 0.274 e. The Bertz CT molecular complexity index is 1100. The second-order valence-electron chi connectivity index (χ2n) is 7.64. The van der Waals surface area contributed by atoms with Crippen LogP contribution >= 0.6 is 0 Å². The highest BCUT2D eigenvalue weighted by molar-refractivity contribution is 6.05. The van der Waals surface area contributed by atoms with Crippen LogP contribution in [0.4, 0.5) is 10.1 Å². The topological polar surface area (TPSA) is 86.1 Å². The number of pyridine rings is 1. The fraction of sp³-hybridized carbons (Fsp3) is 0.364. The summed E-state index contributed by atoms with van der Waals surface area (Å²) in [6.07, 6.45) is 6.57. The molecule has 0 saturated heterocycles. The number of benzene rings is 1. The van der Waals surface area contributed by atoms with Gasteiger partial charge in [0, 0.05) is 23.6 Å². The Kier molecular flexibility index (Phi) is 5.48. The zero-order valence-electron chi connectivity index (χ0n) is 16.9. The van der Waals surface area contributed by atoms with Crippen molar-refractivity contribution in [2.24, 2.45) is 5.92 Å². The van der Waals surface area contributed by atoms with Crippen LogP contribution in [0.2, 0.25) is 0 Å². The molecule has 1 aliphatic rings. The molecule has 3 aromatic rings. The molecule has 156 valence electrons. The van der Waals surface area contributed by atoms with Gasteiger partial charge < -0.3 is 14.8 Å². The van der Waals surface area contributed by atoms with E-state index in [0.29, 0.717) is 11.4 Å². The molecule has 0 unspecified atom stereocenters. The van der Waals surface area contributed by atoms with Crippen LogP contribution in [-0.4, -0.2) is 34.1 Å². The number of aromatic nitrogens is 3. The van der Waals surface area contributed by atoms with E-state index in [2.05, 4.69) is 15.4 Å². The van der Waals surface area contributed by atoms with Crippen molar-refractivity contribution in [1.82, 2.24) is 14.8 Å². The quantitative estimate of drug-likeness (QED) is 0.641. The highest BCUT2D eigenvalue weighted by Gasteiger charge is 2.23. The summed E-state index contributed by atoms with van der Waals surface area (Å²) in [5.74, 6) is -0.281. The molecule has 0 spiro atoms. The lowest BCUT2D eigenvalue weighted by Gasteiger charge is -2.25. The van der Waals surface area contributed by atoms with E-state index in [4.69, 9.17) is 4.74 Å². The zero-order valence-corrected chi connectivity index (χ0v) is 16.9. The summed E-state index contributed by atoms with van der Waals surface area (Å²) in [5.41, 5.74) is 1.54. The molecule has 1 saturated carbocycles. The normalized spacial score (nSPS) is 18.9. The molecule has 8 heteroatoms. The largest absolute Gasteiger partial charge is 0.494 e. The first-order valence-corrected chi connectivity index (χ1v) is 9.95. The number of carbonyl (C=O) groups is 2. The van der Waals surface area contributed by atoms with Gasteiger partial charge in [-0.05, 0) is 50.8 Å². The van der Waals surface area contributed by atoms with Crippen molar-refractivity contribution in [2.75, 3.05) is 12.4 Å². The minimum absolute atomic E-state index is 0.124. The number of aldehydes is 1. The van der Waals surface area contributed by atoms with Crippen LogP contribution in [0.3, 0.4) is 0 Å². The van der Waals surface area contributed by atoms with Gasteiger partial charge in [-0.2, -0.15) is 5.10 Å². The third kappa shape index (κ3) is 3.90. The zero-order chi connectivity index (χ0) is 21.3. The van der Waals surface area contributed by atoms with Crippen LogP contribution in [0.1, 0.15) is 47.9 Å². The van der Waals surface area contributed by atoms with Gasteiger partial charge in [-0.25, -0.2) is 9.37 Å². The Hall–Kier alpha value is -3.29. The average Bonchev–Trinajstić information content (AvgIpc) is 3.18. The molecule has 4 rings (SSSR count). The van der Waals surface area contributed by atoms with Gasteiger partial charge in [0.25, 0.3) is 5.91 Å². The molecule has 2 aromatic heterocycles. The molecule has 0 aliphatic heterocycles. The van der Waals surface area contributed by atoms with Crippen LogP contribution < -0.4 is 10.1 Å². The monoisotopic (exact) mass is 410 g/mol. The van der Waals surface area contributed by atoms with Crippen molar-refractivity contribution in [3.8, 4) is 5.75 Å². The third-order valence-electron chi connectivity index (χ3n) is 5.65. The number of nitrogens with zero attached hydrogens (tertiary/aromatic N) is 3. The lowest BCUT2D eigenvalue weighted by atomic mass is 9.87. The fourth-order valence-electron chi connectivity index (χ4n) is 3.88. The second kappa shape index (κ2) is 8.22. The Morgan fingerprint density at radius 1 is 1.27 bits per heavy atom. The van der Waals surface area contributed by atoms with Gasteiger partial charge in [0.1, 0.15) is 23.5 Å². The van der Waals surface area contributed by atoms with Crippen LogP contribution in [0.25, 0.3) is 10.9 Å². The molecule has 2 heterocycles. The summed E-state index contributed by atoms with van der Waals surface area (Å²) in [4.78, 5) is 27.6. The Balaban J connectivity index is 1.59. The maximum atomic E-state index is 13.4. The van der Waals surface area contributed by atoms with E-state index < -0.39 is 11.7 Å². The van der Waals surface area contributed by atoms with Crippen molar-refractivity contribution in [3.05, 3.63) is 47.7 Å². The van der Waals surface area contributed by atoms with E-state index in [1.54, 1.807) is 6.07 Å². The van der Waals surface area contributed by atoms with Crippen LogP contribution in [-0.2, 0) is 4.79 Å². The number of hydrogen-bond acceptors (Lipinski definition) is 5. The van der Waals surface area contributed by atoms with Gasteiger partial charge in [-0.1, -0.05) is 0 Å². The molecule has 1 amide bonds. The molecule has 0 bridgehead atoms. The van der Waals surface area contributed by atoms with E-state index >= 15 is 0 Å². The fourth-order valence-corrected chi connectivity index (χ4v) is 3.88. The number of fused-ring (bicyclic) bond motifs is 1. The average molecular weight is 410 g/mol. The van der Waals surface area contributed by atoms with Crippen molar-refractivity contribution in [3.63, 3.8) is 0 Å². The van der Waals surface area contributed by atoms with E-state index in [1.807, 2.05) is 16.9 Å². The van der Waals surface area contributed by atoms with Gasteiger partial charge in [0.2, 0.25) is 0 Å². The molecule has 30 heavy (non-hydrogen) atoms. The lowest BCUT2D eigenvalue weighted by molar-refractivity contribution is -0.112. The molecule has 0 radical (unpaired) electrons. The van der Waals surface area contributed by atoms with Crippen molar-refractivity contribution >= 4 is 28.8 Å². The molecule has 7 nitrogen and oxygen atoms in total.